The Balaban J connectivity index is 1.58. The highest BCUT2D eigenvalue weighted by molar-refractivity contribution is 6.08. The van der Waals surface area contributed by atoms with Gasteiger partial charge in [0.25, 0.3) is 11.6 Å². The molecule has 31 heavy (non-hydrogen) atoms. The van der Waals surface area contributed by atoms with Crippen LogP contribution in [0, 0.1) is 4.91 Å². The highest BCUT2D eigenvalue weighted by Crippen LogP contribution is 2.35. The molecule has 0 aromatic heterocycles. The summed E-state index contributed by atoms with van der Waals surface area (Å²) < 4.78 is 44.8. The summed E-state index contributed by atoms with van der Waals surface area (Å²) >= 11 is 0. The molecule has 1 heterocycles. The number of nitroso groups, excluding NO2 is 1. The molecule has 4 rings (SSSR count). The highest BCUT2D eigenvalue weighted by Gasteiger charge is 2.31. The Morgan fingerprint density at radius 2 is 1.65 bits per heavy atom. The van der Waals surface area contributed by atoms with Gasteiger partial charge in [0.05, 0.1) is 5.56 Å². The van der Waals surface area contributed by atoms with Crippen LogP contribution in [0.15, 0.2) is 66.7 Å². The number of carbonyl (C=O) groups is 1. The smallest absolute Gasteiger partial charge is 0.416 e. The molecule has 0 atom stereocenters. The van der Waals surface area contributed by atoms with Crippen molar-refractivity contribution in [2.24, 2.45) is 0 Å². The van der Waals surface area contributed by atoms with Gasteiger partial charge in [0.1, 0.15) is 11.5 Å². The number of alkyl halides is 3. The van der Waals surface area contributed by atoms with Crippen molar-refractivity contribution in [1.29, 1.82) is 0 Å². The Morgan fingerprint density at radius 3 is 2.26 bits per heavy atom. The van der Waals surface area contributed by atoms with Crippen molar-refractivity contribution >= 4 is 17.3 Å². The van der Waals surface area contributed by atoms with Crippen molar-refractivity contribution in [3.8, 4) is 11.5 Å². The summed E-state index contributed by atoms with van der Waals surface area (Å²) in [5, 5.41) is 0. The molecule has 1 aliphatic rings. The molecule has 0 N–H and O–H groups in total. The zero-order valence-electron chi connectivity index (χ0n) is 16.5. The van der Waals surface area contributed by atoms with Gasteiger partial charge in [0.15, 0.2) is 7.05 Å². The highest BCUT2D eigenvalue weighted by atomic mass is 19.4. The van der Waals surface area contributed by atoms with Crippen LogP contribution >= 0.6 is 0 Å². The van der Waals surface area contributed by atoms with E-state index in [1.807, 2.05) is 0 Å². The number of ether oxygens (including phenoxy) is 1. The van der Waals surface area contributed by atoms with Gasteiger partial charge in [-0.15, -0.1) is 0 Å². The van der Waals surface area contributed by atoms with Gasteiger partial charge in [-0.3, -0.25) is 4.79 Å². The lowest BCUT2D eigenvalue weighted by Gasteiger charge is -2.29. The van der Waals surface area contributed by atoms with E-state index in [0.29, 0.717) is 41.2 Å². The number of benzene rings is 3. The maximum absolute atomic E-state index is 13.1. The predicted molar refractivity (Wildman–Crippen MR) is 109 cm³/mol. The Hall–Kier alpha value is -3.68. The van der Waals surface area contributed by atoms with E-state index in [1.54, 1.807) is 47.4 Å². The minimum absolute atomic E-state index is 0.206. The van der Waals surface area contributed by atoms with Crippen molar-refractivity contribution in [2.45, 2.75) is 12.6 Å². The number of carbonyl (C=O) groups excluding carboxylic acids is 1. The summed E-state index contributed by atoms with van der Waals surface area (Å²) in [4.78, 5) is 26.1. The molecule has 0 saturated carbocycles. The fourth-order valence-electron chi connectivity index (χ4n) is 3.52. The molecule has 0 radical (unpaired) electrons. The third kappa shape index (κ3) is 4.14. The number of fused-ring (bicyclic) bond motifs is 1. The number of nitrogens with zero attached hydrogens (tertiary/aromatic N) is 2. The first-order chi connectivity index (χ1) is 14.7. The largest absolute Gasteiger partial charge is 0.457 e. The second kappa shape index (κ2) is 7.86. The molecule has 3 aromatic carbocycles. The number of amides is 1. The van der Waals surface area contributed by atoms with E-state index in [0.717, 1.165) is 16.9 Å². The average Bonchev–Trinajstić information content (AvgIpc) is 2.74. The maximum Gasteiger partial charge on any atom is 0.416 e. The van der Waals surface area contributed by atoms with Gasteiger partial charge in [0.2, 0.25) is 0 Å². The number of rotatable bonds is 4. The van der Waals surface area contributed by atoms with Crippen LogP contribution in [0.4, 0.5) is 24.5 Å². The van der Waals surface area contributed by atoms with Crippen LogP contribution in [0.2, 0.25) is 0 Å². The molecule has 1 amide bonds. The van der Waals surface area contributed by atoms with Gasteiger partial charge in [-0.2, -0.15) is 13.2 Å². The summed E-state index contributed by atoms with van der Waals surface area (Å²) in [6, 6.07) is 16.2. The molecule has 1 aliphatic heterocycles. The molecular weight excluding hydrogens is 409 g/mol. The molecule has 5 nitrogen and oxygen atoms in total. The van der Waals surface area contributed by atoms with Crippen molar-refractivity contribution in [2.75, 3.05) is 18.5 Å². The molecule has 0 fully saturated rings. The van der Waals surface area contributed by atoms with Crippen molar-refractivity contribution < 1.29 is 27.5 Å². The molecule has 0 saturated heterocycles. The third-order valence-electron chi connectivity index (χ3n) is 5.13. The molecular formula is C23H18F3N2O3+. The summed E-state index contributed by atoms with van der Waals surface area (Å²) in [7, 11) is 1.40. The van der Waals surface area contributed by atoms with Crippen LogP contribution in [0.5, 0.6) is 11.5 Å². The fraction of sp³-hybridized carbons (Fsp3) is 0.174. The van der Waals surface area contributed by atoms with Gasteiger partial charge < -0.3 is 9.64 Å². The Bertz CT molecular complexity index is 1140. The van der Waals surface area contributed by atoms with Gasteiger partial charge in [-0.05, 0) is 55.0 Å². The first kappa shape index (κ1) is 20.6. The van der Waals surface area contributed by atoms with Crippen molar-refractivity contribution in [1.82, 2.24) is 0 Å². The Morgan fingerprint density at radius 1 is 0.968 bits per heavy atom. The summed E-state index contributed by atoms with van der Waals surface area (Å²) in [5.74, 6) is 0.490. The molecule has 3 aromatic rings. The lowest BCUT2D eigenvalue weighted by atomic mass is 9.97. The van der Waals surface area contributed by atoms with E-state index in [9.17, 15) is 22.9 Å². The number of hydrogen-bond donors (Lipinski definition) is 0. The van der Waals surface area contributed by atoms with Gasteiger partial charge >= 0.3 is 6.18 Å². The van der Waals surface area contributed by atoms with E-state index < -0.39 is 11.7 Å². The molecule has 0 aliphatic carbocycles. The lowest BCUT2D eigenvalue weighted by Crippen LogP contribution is -2.37. The molecule has 0 bridgehead atoms. The van der Waals surface area contributed by atoms with Crippen LogP contribution in [0.3, 0.4) is 0 Å². The van der Waals surface area contributed by atoms with E-state index in [2.05, 4.69) is 0 Å². The standard InChI is InChI=1S/C23H18F3N2O3/c1-27(30)16-7-9-17(10-8-16)28-14-13-19-20(22(28)29)3-2-4-21(19)31-18-11-5-15(6-12-18)23(24,25)26/h2-12H,13-14H2,1H3/q+1. The van der Waals surface area contributed by atoms with E-state index in [4.69, 9.17) is 4.74 Å². The minimum Gasteiger partial charge on any atom is -0.457 e. The van der Waals surface area contributed by atoms with Gasteiger partial charge in [0, 0.05) is 45.2 Å². The van der Waals surface area contributed by atoms with Gasteiger partial charge in [-0.25, -0.2) is 0 Å². The average molecular weight is 427 g/mol. The second-order valence-corrected chi connectivity index (χ2v) is 7.13. The van der Waals surface area contributed by atoms with Crippen molar-refractivity contribution in [3.63, 3.8) is 0 Å². The van der Waals surface area contributed by atoms with E-state index in [-0.39, 0.29) is 11.7 Å². The normalized spacial score (nSPS) is 13.7. The van der Waals surface area contributed by atoms with E-state index in [1.165, 1.54) is 19.2 Å². The Kier molecular flexibility index (Phi) is 5.22. The van der Waals surface area contributed by atoms with Crippen LogP contribution in [-0.2, 0) is 12.6 Å². The molecule has 0 unspecified atom stereocenters. The molecule has 8 heteroatoms. The second-order valence-electron chi connectivity index (χ2n) is 7.13. The summed E-state index contributed by atoms with van der Waals surface area (Å²) in [5.41, 5.74) is 1.59. The topological polar surface area (TPSA) is 49.6 Å². The van der Waals surface area contributed by atoms with Gasteiger partial charge in [-0.1, -0.05) is 6.07 Å². The van der Waals surface area contributed by atoms with Crippen LogP contribution in [-0.4, -0.2) is 24.3 Å². The predicted octanol–water partition coefficient (Wildman–Crippen LogP) is 5.74. The fourth-order valence-corrected chi connectivity index (χ4v) is 3.52. The number of halogens is 3. The zero-order chi connectivity index (χ0) is 22.2. The number of hydrogen-bond acceptors (Lipinski definition) is 3. The molecule has 0 spiro atoms. The van der Waals surface area contributed by atoms with Crippen molar-refractivity contribution in [3.05, 3.63) is 88.3 Å². The van der Waals surface area contributed by atoms with Crippen LogP contribution in [0.1, 0.15) is 21.5 Å². The summed E-state index contributed by atoms with van der Waals surface area (Å²) in [6.07, 6.45) is -3.90. The monoisotopic (exact) mass is 427 g/mol. The minimum atomic E-state index is -4.42. The zero-order valence-corrected chi connectivity index (χ0v) is 16.5. The van der Waals surface area contributed by atoms with Crippen LogP contribution < -0.4 is 9.64 Å². The van der Waals surface area contributed by atoms with Crippen LogP contribution in [0.25, 0.3) is 0 Å². The first-order valence-electron chi connectivity index (χ1n) is 9.54. The summed E-state index contributed by atoms with van der Waals surface area (Å²) in [6.45, 7) is 0.409. The first-order valence-corrected chi connectivity index (χ1v) is 9.54. The Labute approximate surface area is 176 Å². The maximum atomic E-state index is 13.1. The number of anilines is 1. The van der Waals surface area contributed by atoms with E-state index >= 15 is 0 Å². The lowest BCUT2D eigenvalue weighted by molar-refractivity contribution is -0.428. The third-order valence-corrected chi connectivity index (χ3v) is 5.13. The quantitative estimate of drug-likeness (QED) is 0.499. The SMILES string of the molecule is C[N+](=O)c1ccc(N2CCc3c(Oc4ccc(C(F)(F)F)cc4)cccc3C2=O)cc1. The molecule has 158 valence electrons.